The van der Waals surface area contributed by atoms with E-state index < -0.39 is 17.2 Å². The Hall–Kier alpha value is -1.36. The van der Waals surface area contributed by atoms with Crippen LogP contribution in [0.4, 0.5) is 0 Å². The average Bonchev–Trinajstić information content (AvgIpc) is 2.60. The molecule has 0 aromatic heterocycles. The fraction of sp³-hybridized carbons (Fsp3) is 0.500. The normalized spacial score (nSPS) is 36.0. The molecule has 0 aromatic rings. The maximum atomic E-state index is 11.2. The van der Waals surface area contributed by atoms with Crippen LogP contribution < -0.4 is 11.5 Å². The van der Waals surface area contributed by atoms with Crippen LogP contribution in [0.3, 0.4) is 0 Å². The molecule has 70 valence electrons. The molecule has 13 heavy (non-hydrogen) atoms. The molecule has 1 aliphatic carbocycles. The minimum atomic E-state index is -0.948. The number of amides is 2. The lowest BCUT2D eigenvalue weighted by molar-refractivity contribution is -0.128. The Bertz CT molecular complexity index is 323. The van der Waals surface area contributed by atoms with Crippen LogP contribution in [0.2, 0.25) is 0 Å². The second kappa shape index (κ2) is 2.32. The summed E-state index contributed by atoms with van der Waals surface area (Å²) in [6.45, 7) is 0.182. The van der Waals surface area contributed by atoms with Crippen molar-refractivity contribution in [2.45, 2.75) is 12.5 Å². The number of hydrogen-bond donors (Lipinski definition) is 2. The SMILES string of the molecule is NC(=O)C1=CC2CC1(C(N)=O)CO2. The van der Waals surface area contributed by atoms with Gasteiger partial charge in [0.1, 0.15) is 5.41 Å². The molecule has 0 saturated carbocycles. The van der Waals surface area contributed by atoms with Gasteiger partial charge in [-0.25, -0.2) is 0 Å². The molecule has 2 unspecified atom stereocenters. The molecule has 0 aromatic carbocycles. The Morgan fingerprint density at radius 1 is 1.54 bits per heavy atom. The Kier molecular flexibility index (Phi) is 1.47. The second-order valence-electron chi connectivity index (χ2n) is 3.44. The van der Waals surface area contributed by atoms with Gasteiger partial charge in [0.15, 0.2) is 0 Å². The molecule has 2 aliphatic rings. The van der Waals surface area contributed by atoms with Crippen LogP contribution in [0.5, 0.6) is 0 Å². The molecular formula is C8H10N2O3. The van der Waals surface area contributed by atoms with Crippen LogP contribution >= 0.6 is 0 Å². The first kappa shape index (κ1) is 8.25. The van der Waals surface area contributed by atoms with Crippen molar-refractivity contribution in [2.24, 2.45) is 16.9 Å². The van der Waals surface area contributed by atoms with Crippen molar-refractivity contribution in [2.75, 3.05) is 6.61 Å². The molecule has 4 N–H and O–H groups in total. The lowest BCUT2D eigenvalue weighted by Crippen LogP contribution is -2.42. The molecule has 1 aliphatic heterocycles. The first-order valence-corrected chi connectivity index (χ1v) is 4.00. The number of ether oxygens (including phenoxy) is 1. The number of carbonyl (C=O) groups is 2. The zero-order chi connectivity index (χ0) is 9.64. The van der Waals surface area contributed by atoms with E-state index in [1.165, 1.54) is 0 Å². The Morgan fingerprint density at radius 2 is 2.23 bits per heavy atom. The highest BCUT2D eigenvalue weighted by Crippen LogP contribution is 2.45. The summed E-state index contributed by atoms with van der Waals surface area (Å²) in [5.41, 5.74) is 9.74. The van der Waals surface area contributed by atoms with Crippen molar-refractivity contribution in [1.82, 2.24) is 0 Å². The maximum Gasteiger partial charge on any atom is 0.245 e. The molecule has 2 bridgehead atoms. The van der Waals surface area contributed by atoms with Gasteiger partial charge >= 0.3 is 0 Å². The maximum absolute atomic E-state index is 11.2. The third-order valence-corrected chi connectivity index (χ3v) is 2.70. The summed E-state index contributed by atoms with van der Waals surface area (Å²) in [6, 6.07) is 0. The van der Waals surface area contributed by atoms with Gasteiger partial charge in [0.05, 0.1) is 12.7 Å². The predicted molar refractivity (Wildman–Crippen MR) is 43.3 cm³/mol. The monoisotopic (exact) mass is 182 g/mol. The predicted octanol–water partition coefficient (Wildman–Crippen LogP) is -1.33. The molecule has 0 spiro atoms. The molecule has 0 radical (unpaired) electrons. The van der Waals surface area contributed by atoms with Gasteiger partial charge in [-0.2, -0.15) is 0 Å². The zero-order valence-corrected chi connectivity index (χ0v) is 6.95. The van der Waals surface area contributed by atoms with Gasteiger partial charge in [-0.15, -0.1) is 0 Å². The van der Waals surface area contributed by atoms with E-state index in [9.17, 15) is 9.59 Å². The van der Waals surface area contributed by atoms with E-state index in [4.69, 9.17) is 16.2 Å². The van der Waals surface area contributed by atoms with Gasteiger partial charge in [0, 0.05) is 5.57 Å². The van der Waals surface area contributed by atoms with Crippen molar-refractivity contribution in [3.63, 3.8) is 0 Å². The minimum absolute atomic E-state index is 0.171. The van der Waals surface area contributed by atoms with Crippen LogP contribution in [0, 0.1) is 5.41 Å². The van der Waals surface area contributed by atoms with Gasteiger partial charge < -0.3 is 16.2 Å². The van der Waals surface area contributed by atoms with Crippen molar-refractivity contribution in [3.05, 3.63) is 11.6 Å². The van der Waals surface area contributed by atoms with Crippen molar-refractivity contribution in [1.29, 1.82) is 0 Å². The van der Waals surface area contributed by atoms with Crippen LogP contribution in [0.15, 0.2) is 11.6 Å². The van der Waals surface area contributed by atoms with Gasteiger partial charge in [-0.05, 0) is 12.5 Å². The molecule has 2 atom stereocenters. The van der Waals surface area contributed by atoms with Gasteiger partial charge in [0.2, 0.25) is 11.8 Å². The quantitative estimate of drug-likeness (QED) is 0.554. The largest absolute Gasteiger partial charge is 0.373 e. The van der Waals surface area contributed by atoms with Gasteiger partial charge in [0.25, 0.3) is 0 Å². The van der Waals surface area contributed by atoms with Crippen molar-refractivity contribution < 1.29 is 14.3 Å². The van der Waals surface area contributed by atoms with E-state index >= 15 is 0 Å². The Balaban J connectivity index is 2.44. The number of rotatable bonds is 2. The van der Waals surface area contributed by atoms with Crippen LogP contribution in [0.1, 0.15) is 6.42 Å². The molecular weight excluding hydrogens is 172 g/mol. The van der Waals surface area contributed by atoms with Crippen LogP contribution in [-0.4, -0.2) is 24.5 Å². The average molecular weight is 182 g/mol. The summed E-state index contributed by atoms with van der Waals surface area (Å²) in [5, 5.41) is 0. The van der Waals surface area contributed by atoms with Crippen molar-refractivity contribution in [3.8, 4) is 0 Å². The number of fused-ring (bicyclic) bond motifs is 2. The number of primary amides is 2. The van der Waals surface area contributed by atoms with E-state index in [2.05, 4.69) is 0 Å². The summed E-state index contributed by atoms with van der Waals surface area (Å²) in [4.78, 5) is 22.2. The molecule has 1 heterocycles. The number of carbonyl (C=O) groups excluding carboxylic acids is 2. The van der Waals surface area contributed by atoms with Crippen LogP contribution in [0.25, 0.3) is 0 Å². The third-order valence-electron chi connectivity index (χ3n) is 2.70. The minimum Gasteiger partial charge on any atom is -0.373 e. The Morgan fingerprint density at radius 3 is 2.62 bits per heavy atom. The van der Waals surface area contributed by atoms with E-state index in [-0.39, 0.29) is 12.7 Å². The highest BCUT2D eigenvalue weighted by Gasteiger charge is 2.54. The lowest BCUT2D eigenvalue weighted by atomic mass is 9.82. The van der Waals surface area contributed by atoms with Gasteiger partial charge in [-0.1, -0.05) is 0 Å². The topological polar surface area (TPSA) is 95.4 Å². The molecule has 1 saturated heterocycles. The third kappa shape index (κ3) is 0.904. The molecule has 2 rings (SSSR count). The standard InChI is InChI=1S/C8H10N2O3/c9-6(11)5-1-4-2-8(5,3-13-4)7(10)12/h1,4H,2-3H2,(H2,9,11)(H2,10,12). The van der Waals surface area contributed by atoms with E-state index in [0.717, 1.165) is 0 Å². The summed E-state index contributed by atoms with van der Waals surface area (Å²) in [6.07, 6.45) is 1.88. The highest BCUT2D eigenvalue weighted by molar-refractivity contribution is 6.02. The van der Waals surface area contributed by atoms with E-state index in [1.54, 1.807) is 6.08 Å². The summed E-state index contributed by atoms with van der Waals surface area (Å²) < 4.78 is 5.21. The second-order valence-corrected chi connectivity index (χ2v) is 3.44. The van der Waals surface area contributed by atoms with E-state index in [0.29, 0.717) is 12.0 Å². The fourth-order valence-corrected chi connectivity index (χ4v) is 1.97. The molecule has 2 amide bonds. The molecule has 1 fully saturated rings. The van der Waals surface area contributed by atoms with Crippen LogP contribution in [-0.2, 0) is 14.3 Å². The zero-order valence-electron chi connectivity index (χ0n) is 6.95. The molecule has 5 heteroatoms. The van der Waals surface area contributed by atoms with Crippen molar-refractivity contribution >= 4 is 11.8 Å². The molecule has 5 nitrogen and oxygen atoms in total. The smallest absolute Gasteiger partial charge is 0.245 e. The highest BCUT2D eigenvalue weighted by atomic mass is 16.5. The fourth-order valence-electron chi connectivity index (χ4n) is 1.97. The number of hydrogen-bond acceptors (Lipinski definition) is 3. The van der Waals surface area contributed by atoms with E-state index in [1.807, 2.05) is 0 Å². The first-order chi connectivity index (χ1) is 6.06. The number of nitrogens with two attached hydrogens (primary N) is 2. The summed E-state index contributed by atoms with van der Waals surface area (Å²) in [7, 11) is 0. The summed E-state index contributed by atoms with van der Waals surface area (Å²) >= 11 is 0. The lowest BCUT2D eigenvalue weighted by Gasteiger charge is -2.22. The summed E-state index contributed by atoms with van der Waals surface area (Å²) in [5.74, 6) is -1.11. The Labute approximate surface area is 74.7 Å². The first-order valence-electron chi connectivity index (χ1n) is 4.00. The van der Waals surface area contributed by atoms with Gasteiger partial charge in [-0.3, -0.25) is 9.59 Å².